The van der Waals surface area contributed by atoms with Crippen LogP contribution in [-0.4, -0.2) is 31.5 Å². The molecular weight excluding hydrogens is 467 g/mol. The highest BCUT2D eigenvalue weighted by molar-refractivity contribution is 6.39. The second kappa shape index (κ2) is 9.49. The average Bonchev–Trinajstić information content (AvgIpc) is 2.81. The maximum Gasteiger partial charge on any atom is 0.306 e. The fourth-order valence-corrected chi connectivity index (χ4v) is 4.88. The van der Waals surface area contributed by atoms with Crippen LogP contribution < -0.4 is 10.7 Å². The van der Waals surface area contributed by atoms with E-state index in [2.05, 4.69) is 15.3 Å². The minimum atomic E-state index is -0.790. The summed E-state index contributed by atoms with van der Waals surface area (Å²) in [5.74, 6) is -1.74. The summed E-state index contributed by atoms with van der Waals surface area (Å²) in [5, 5.41) is 12.6. The van der Waals surface area contributed by atoms with Crippen molar-refractivity contribution < 1.29 is 14.7 Å². The van der Waals surface area contributed by atoms with Crippen LogP contribution in [0.2, 0.25) is 10.0 Å². The molecule has 1 amide bonds. The first-order valence-electron chi connectivity index (χ1n) is 10.6. The van der Waals surface area contributed by atoms with Crippen LogP contribution in [0, 0.1) is 11.8 Å². The average molecular weight is 489 g/mol. The smallest absolute Gasteiger partial charge is 0.306 e. The Hall–Kier alpha value is -2.97. The van der Waals surface area contributed by atoms with Gasteiger partial charge in [-0.05, 0) is 43.7 Å². The van der Waals surface area contributed by atoms with E-state index in [0.717, 1.165) is 25.7 Å². The summed E-state index contributed by atoms with van der Waals surface area (Å²) < 4.78 is 1.86. The number of carboxylic acids is 1. The molecule has 1 aliphatic carbocycles. The molecule has 8 nitrogen and oxygen atoms in total. The second-order valence-electron chi connectivity index (χ2n) is 8.28. The van der Waals surface area contributed by atoms with Crippen LogP contribution in [0.3, 0.4) is 0 Å². The van der Waals surface area contributed by atoms with E-state index in [-0.39, 0.29) is 33.3 Å². The Morgan fingerprint density at radius 2 is 1.85 bits per heavy atom. The van der Waals surface area contributed by atoms with Crippen molar-refractivity contribution in [1.82, 2.24) is 14.5 Å². The molecule has 1 unspecified atom stereocenters. The maximum absolute atomic E-state index is 13.1. The summed E-state index contributed by atoms with van der Waals surface area (Å²) in [7, 11) is 0. The van der Waals surface area contributed by atoms with Gasteiger partial charge in [0.15, 0.2) is 0 Å². The van der Waals surface area contributed by atoms with Crippen molar-refractivity contribution >= 4 is 51.8 Å². The summed E-state index contributed by atoms with van der Waals surface area (Å²) in [5.41, 5.74) is 0.175. The SMILES string of the molecule is CC(C(=O)O)C1CCC(n2cc(C(=O)Nc3c(Cl)cncc3Cl)c(=O)c3cccnc32)CC1. The number of nitrogens with one attached hydrogen (secondary N) is 1. The summed E-state index contributed by atoms with van der Waals surface area (Å²) >= 11 is 12.2. The third kappa shape index (κ3) is 4.58. The Bertz CT molecular complexity index is 1260. The van der Waals surface area contributed by atoms with E-state index in [4.69, 9.17) is 23.2 Å². The lowest BCUT2D eigenvalue weighted by Crippen LogP contribution is -2.29. The molecule has 0 radical (unpaired) electrons. The molecule has 4 rings (SSSR count). The largest absolute Gasteiger partial charge is 0.481 e. The number of halogens is 2. The van der Waals surface area contributed by atoms with E-state index in [1.165, 1.54) is 18.6 Å². The van der Waals surface area contributed by atoms with Gasteiger partial charge >= 0.3 is 5.97 Å². The van der Waals surface area contributed by atoms with Gasteiger partial charge < -0.3 is 15.0 Å². The normalized spacial score (nSPS) is 19.2. The summed E-state index contributed by atoms with van der Waals surface area (Å²) in [6.45, 7) is 1.74. The Morgan fingerprint density at radius 3 is 2.48 bits per heavy atom. The van der Waals surface area contributed by atoms with E-state index in [9.17, 15) is 19.5 Å². The van der Waals surface area contributed by atoms with E-state index >= 15 is 0 Å². The molecule has 2 N–H and O–H groups in total. The molecule has 1 aliphatic rings. The number of hydrogen-bond donors (Lipinski definition) is 2. The van der Waals surface area contributed by atoms with Crippen molar-refractivity contribution in [3.05, 3.63) is 62.8 Å². The second-order valence-corrected chi connectivity index (χ2v) is 9.10. The highest BCUT2D eigenvalue weighted by Crippen LogP contribution is 2.37. The maximum atomic E-state index is 13.1. The zero-order valence-electron chi connectivity index (χ0n) is 17.8. The van der Waals surface area contributed by atoms with Gasteiger partial charge in [0.2, 0.25) is 5.43 Å². The quantitative estimate of drug-likeness (QED) is 0.532. The van der Waals surface area contributed by atoms with Gasteiger partial charge in [-0.25, -0.2) is 4.98 Å². The van der Waals surface area contributed by atoms with Crippen molar-refractivity contribution in [2.24, 2.45) is 11.8 Å². The van der Waals surface area contributed by atoms with Gasteiger partial charge in [0.25, 0.3) is 5.91 Å². The molecule has 0 saturated heterocycles. The molecule has 1 saturated carbocycles. The van der Waals surface area contributed by atoms with Crippen molar-refractivity contribution in [2.75, 3.05) is 5.32 Å². The Kier molecular flexibility index (Phi) is 6.67. The van der Waals surface area contributed by atoms with Gasteiger partial charge in [-0.3, -0.25) is 19.4 Å². The number of rotatable bonds is 5. The van der Waals surface area contributed by atoms with Gasteiger partial charge in [0.05, 0.1) is 27.0 Å². The highest BCUT2D eigenvalue weighted by atomic mass is 35.5. The Morgan fingerprint density at radius 1 is 1.18 bits per heavy atom. The van der Waals surface area contributed by atoms with E-state index in [0.29, 0.717) is 11.0 Å². The third-order valence-electron chi connectivity index (χ3n) is 6.36. The van der Waals surface area contributed by atoms with E-state index < -0.39 is 23.2 Å². The van der Waals surface area contributed by atoms with Gasteiger partial charge in [0, 0.05) is 30.8 Å². The van der Waals surface area contributed by atoms with Crippen molar-refractivity contribution in [3.8, 4) is 0 Å². The highest BCUT2D eigenvalue weighted by Gasteiger charge is 2.30. The number of pyridine rings is 3. The lowest BCUT2D eigenvalue weighted by atomic mass is 9.79. The Labute approximate surface area is 199 Å². The van der Waals surface area contributed by atoms with E-state index in [1.54, 1.807) is 25.3 Å². The third-order valence-corrected chi connectivity index (χ3v) is 6.93. The van der Waals surface area contributed by atoms with Gasteiger partial charge in [-0.15, -0.1) is 0 Å². The zero-order valence-corrected chi connectivity index (χ0v) is 19.3. The number of aliphatic carboxylic acids is 1. The lowest BCUT2D eigenvalue weighted by Gasteiger charge is -2.32. The number of nitrogens with zero attached hydrogens (tertiary/aromatic N) is 3. The van der Waals surface area contributed by atoms with Crippen LogP contribution in [0.25, 0.3) is 11.0 Å². The Balaban J connectivity index is 1.70. The zero-order chi connectivity index (χ0) is 23.7. The molecule has 0 aliphatic heterocycles. The predicted octanol–water partition coefficient (Wildman–Crippen LogP) is 4.80. The molecule has 3 aromatic heterocycles. The molecule has 33 heavy (non-hydrogen) atoms. The molecule has 1 atom stereocenters. The summed E-state index contributed by atoms with van der Waals surface area (Å²) in [4.78, 5) is 45.8. The number of anilines is 1. The fourth-order valence-electron chi connectivity index (χ4n) is 4.42. The molecule has 10 heteroatoms. The van der Waals surface area contributed by atoms with Crippen LogP contribution in [0.4, 0.5) is 5.69 Å². The van der Waals surface area contributed by atoms with Crippen LogP contribution >= 0.6 is 23.2 Å². The molecule has 3 aromatic rings. The van der Waals surface area contributed by atoms with Gasteiger partial charge in [-0.1, -0.05) is 30.1 Å². The number of carbonyl (C=O) groups excluding carboxylic acids is 1. The van der Waals surface area contributed by atoms with Crippen LogP contribution in [0.1, 0.15) is 49.0 Å². The first-order valence-corrected chi connectivity index (χ1v) is 11.4. The molecule has 172 valence electrons. The monoisotopic (exact) mass is 488 g/mol. The van der Waals surface area contributed by atoms with Crippen LogP contribution in [-0.2, 0) is 4.79 Å². The molecule has 3 heterocycles. The van der Waals surface area contributed by atoms with Crippen LogP contribution in [0.5, 0.6) is 0 Å². The molecule has 1 fully saturated rings. The number of hydrogen-bond acceptors (Lipinski definition) is 5. The van der Waals surface area contributed by atoms with Gasteiger partial charge in [-0.2, -0.15) is 0 Å². The lowest BCUT2D eigenvalue weighted by molar-refractivity contribution is -0.143. The minimum absolute atomic E-state index is 0.0140. The molecule has 0 spiro atoms. The minimum Gasteiger partial charge on any atom is -0.481 e. The first kappa shape index (κ1) is 23.2. The fraction of sp³-hybridized carbons (Fsp3) is 0.348. The van der Waals surface area contributed by atoms with Crippen molar-refractivity contribution in [2.45, 2.75) is 38.6 Å². The molecular formula is C23H22Cl2N4O4. The molecule has 0 bridgehead atoms. The number of fused-ring (bicyclic) bond motifs is 1. The number of amides is 1. The summed E-state index contributed by atoms with van der Waals surface area (Å²) in [6, 6.07) is 3.28. The number of aromatic nitrogens is 3. The van der Waals surface area contributed by atoms with E-state index in [1.807, 2.05) is 4.57 Å². The van der Waals surface area contributed by atoms with Crippen molar-refractivity contribution in [3.63, 3.8) is 0 Å². The molecule has 0 aromatic carbocycles. The number of carbonyl (C=O) groups is 2. The topological polar surface area (TPSA) is 114 Å². The van der Waals surface area contributed by atoms with Crippen LogP contribution in [0.15, 0.2) is 41.7 Å². The summed E-state index contributed by atoms with van der Waals surface area (Å²) in [6.07, 6.45) is 8.75. The van der Waals surface area contributed by atoms with Gasteiger partial charge in [0.1, 0.15) is 11.2 Å². The standard InChI is InChI=1S/C23H22Cl2N4O4/c1-12(23(32)33)13-4-6-14(7-5-13)29-11-16(20(30)15-3-2-8-27-21(15)29)22(31)28-19-17(24)9-26-10-18(19)25/h2-3,8-14H,4-7H2,1H3,(H,32,33)(H,26,28,31). The number of carboxylic acid groups (broad SMARTS) is 1. The van der Waals surface area contributed by atoms with Crippen molar-refractivity contribution in [1.29, 1.82) is 0 Å². The first-order chi connectivity index (χ1) is 15.8. The predicted molar refractivity (Wildman–Crippen MR) is 126 cm³/mol.